The summed E-state index contributed by atoms with van der Waals surface area (Å²) in [5, 5.41) is 9.68. The van der Waals surface area contributed by atoms with Gasteiger partial charge in [0.1, 0.15) is 11.4 Å². The molecule has 1 N–H and O–H groups in total. The molecule has 0 unspecified atom stereocenters. The Balaban J connectivity index is 1.85. The number of aryl methyl sites for hydroxylation is 2. The van der Waals surface area contributed by atoms with Crippen LogP contribution in [-0.4, -0.2) is 44.7 Å². The highest BCUT2D eigenvalue weighted by molar-refractivity contribution is 7.18. The van der Waals surface area contributed by atoms with Crippen molar-refractivity contribution in [2.45, 2.75) is 45.2 Å². The van der Waals surface area contributed by atoms with E-state index in [0.717, 1.165) is 53.9 Å². The number of carboxylic acid groups (broad SMARTS) is 1. The Labute approximate surface area is 148 Å². The molecule has 1 saturated heterocycles. The molecule has 134 valence electrons. The lowest BCUT2D eigenvalue weighted by molar-refractivity contribution is -0.137. The van der Waals surface area contributed by atoms with Gasteiger partial charge in [0.05, 0.1) is 5.39 Å². The Kier molecular flexibility index (Phi) is 4.24. The van der Waals surface area contributed by atoms with Gasteiger partial charge in [0, 0.05) is 18.0 Å². The highest BCUT2D eigenvalue weighted by Gasteiger charge is 2.25. The number of hydrogen-bond acceptors (Lipinski definition) is 5. The quantitative estimate of drug-likeness (QED) is 0.853. The molecule has 0 saturated carbocycles. The minimum atomic E-state index is -1.17. The van der Waals surface area contributed by atoms with E-state index in [9.17, 15) is 14.4 Å². The number of fused-ring (bicyclic) bond motifs is 3. The van der Waals surface area contributed by atoms with Gasteiger partial charge < -0.3 is 10.0 Å². The van der Waals surface area contributed by atoms with Gasteiger partial charge in [-0.2, -0.15) is 0 Å². The number of aliphatic carboxylic acids is 1. The predicted octanol–water partition coefficient (Wildman–Crippen LogP) is 0.894. The first-order valence-corrected chi connectivity index (χ1v) is 9.60. The Bertz CT molecular complexity index is 949. The van der Waals surface area contributed by atoms with E-state index in [-0.39, 0.29) is 0 Å². The summed E-state index contributed by atoms with van der Waals surface area (Å²) in [5.74, 6) is -1.17. The van der Waals surface area contributed by atoms with E-state index in [1.54, 1.807) is 4.57 Å². The zero-order valence-corrected chi connectivity index (χ0v) is 14.8. The van der Waals surface area contributed by atoms with Crippen LogP contribution < -0.4 is 11.2 Å². The zero-order chi connectivity index (χ0) is 17.6. The second-order valence-corrected chi connectivity index (χ2v) is 7.89. The SMILES string of the molecule is O=C(O)Cn1c(=O)c2c3c(sc2n(CCN2CCCC2)c1=O)CCC3. The molecular formula is C17H21N3O4S. The lowest BCUT2D eigenvalue weighted by Crippen LogP contribution is -2.42. The predicted molar refractivity (Wildman–Crippen MR) is 95.7 cm³/mol. The number of hydrogen-bond donors (Lipinski definition) is 1. The van der Waals surface area contributed by atoms with Crippen LogP contribution in [0.2, 0.25) is 0 Å². The molecule has 2 aromatic rings. The van der Waals surface area contributed by atoms with Gasteiger partial charge in [-0.15, -0.1) is 11.3 Å². The lowest BCUT2D eigenvalue weighted by atomic mass is 10.2. The molecule has 0 bridgehead atoms. The van der Waals surface area contributed by atoms with Crippen LogP contribution in [0.15, 0.2) is 9.59 Å². The van der Waals surface area contributed by atoms with Crippen molar-refractivity contribution >= 4 is 27.5 Å². The van der Waals surface area contributed by atoms with Crippen LogP contribution in [-0.2, 0) is 30.7 Å². The second kappa shape index (κ2) is 6.42. The van der Waals surface area contributed by atoms with E-state index in [1.807, 2.05) is 0 Å². The molecule has 2 aromatic heterocycles. The van der Waals surface area contributed by atoms with Crippen LogP contribution in [0.5, 0.6) is 0 Å². The molecule has 0 aromatic carbocycles. The van der Waals surface area contributed by atoms with E-state index in [0.29, 0.717) is 11.9 Å². The minimum Gasteiger partial charge on any atom is -0.480 e. The van der Waals surface area contributed by atoms with Gasteiger partial charge in [0.25, 0.3) is 5.56 Å². The van der Waals surface area contributed by atoms with E-state index in [4.69, 9.17) is 5.11 Å². The Morgan fingerprint density at radius 1 is 1.04 bits per heavy atom. The third-order valence-electron chi connectivity index (χ3n) is 5.20. The van der Waals surface area contributed by atoms with E-state index >= 15 is 0 Å². The van der Waals surface area contributed by atoms with Crippen LogP contribution in [0.25, 0.3) is 10.2 Å². The van der Waals surface area contributed by atoms with Gasteiger partial charge in [-0.3, -0.25) is 14.2 Å². The zero-order valence-electron chi connectivity index (χ0n) is 14.0. The first kappa shape index (κ1) is 16.5. The number of aromatic nitrogens is 2. The highest BCUT2D eigenvalue weighted by Crippen LogP contribution is 2.35. The average molecular weight is 363 g/mol. The highest BCUT2D eigenvalue weighted by atomic mass is 32.1. The second-order valence-electron chi connectivity index (χ2n) is 6.81. The summed E-state index contributed by atoms with van der Waals surface area (Å²) >= 11 is 1.54. The summed E-state index contributed by atoms with van der Waals surface area (Å²) in [7, 11) is 0. The topological polar surface area (TPSA) is 84.5 Å². The molecule has 2 aliphatic rings. The third-order valence-corrected chi connectivity index (χ3v) is 6.52. The summed E-state index contributed by atoms with van der Waals surface area (Å²) in [6.07, 6.45) is 5.14. The molecular weight excluding hydrogens is 342 g/mol. The van der Waals surface area contributed by atoms with Crippen LogP contribution in [0, 0.1) is 0 Å². The number of rotatable bonds is 5. The first-order chi connectivity index (χ1) is 12.1. The third kappa shape index (κ3) is 2.83. The van der Waals surface area contributed by atoms with Crippen molar-refractivity contribution in [3.05, 3.63) is 31.3 Å². The molecule has 1 aliphatic carbocycles. The maximum absolute atomic E-state index is 12.8. The Hall–Kier alpha value is -1.93. The number of nitrogens with zero attached hydrogens (tertiary/aromatic N) is 3. The lowest BCUT2D eigenvalue weighted by Gasteiger charge is -2.17. The summed E-state index contributed by atoms with van der Waals surface area (Å²) in [4.78, 5) is 41.0. The van der Waals surface area contributed by atoms with Crippen LogP contribution in [0.4, 0.5) is 0 Å². The maximum Gasteiger partial charge on any atom is 0.332 e. The monoisotopic (exact) mass is 363 g/mol. The molecule has 0 amide bonds. The van der Waals surface area contributed by atoms with Gasteiger partial charge in [-0.25, -0.2) is 9.36 Å². The molecule has 0 radical (unpaired) electrons. The van der Waals surface area contributed by atoms with Crippen molar-refractivity contribution in [1.82, 2.24) is 14.0 Å². The standard InChI is InChI=1S/C17H21N3O4S/c21-13(22)10-20-15(23)14-11-4-3-5-12(11)25-16(14)19(17(20)24)9-8-18-6-1-2-7-18/h1-10H2,(H,21,22). The van der Waals surface area contributed by atoms with Crippen LogP contribution >= 0.6 is 11.3 Å². The van der Waals surface area contributed by atoms with Gasteiger partial charge in [-0.05, 0) is 50.8 Å². The van der Waals surface area contributed by atoms with Gasteiger partial charge in [0.15, 0.2) is 0 Å². The van der Waals surface area contributed by atoms with Crippen LogP contribution in [0.3, 0.4) is 0 Å². The molecule has 4 rings (SSSR count). The molecule has 1 fully saturated rings. The van der Waals surface area contributed by atoms with Crippen molar-refractivity contribution < 1.29 is 9.90 Å². The fourth-order valence-electron chi connectivity index (χ4n) is 3.97. The normalized spacial score (nSPS) is 17.4. The van der Waals surface area contributed by atoms with Crippen molar-refractivity contribution in [3.8, 4) is 0 Å². The fourth-order valence-corrected chi connectivity index (χ4v) is 5.37. The molecule has 25 heavy (non-hydrogen) atoms. The largest absolute Gasteiger partial charge is 0.480 e. The number of carbonyl (C=O) groups is 1. The first-order valence-electron chi connectivity index (χ1n) is 8.78. The van der Waals surface area contributed by atoms with Crippen molar-refractivity contribution in [2.75, 3.05) is 19.6 Å². The smallest absolute Gasteiger partial charge is 0.332 e. The number of thiophene rings is 1. The van der Waals surface area contributed by atoms with Crippen molar-refractivity contribution in [3.63, 3.8) is 0 Å². The Morgan fingerprint density at radius 2 is 1.80 bits per heavy atom. The maximum atomic E-state index is 12.8. The average Bonchev–Trinajstić information content (AvgIpc) is 3.27. The van der Waals surface area contributed by atoms with Gasteiger partial charge >= 0.3 is 11.7 Å². The summed E-state index contributed by atoms with van der Waals surface area (Å²) in [6.45, 7) is 2.74. The summed E-state index contributed by atoms with van der Waals surface area (Å²) in [6, 6.07) is 0. The van der Waals surface area contributed by atoms with Crippen molar-refractivity contribution in [2.24, 2.45) is 0 Å². The summed E-state index contributed by atoms with van der Waals surface area (Å²) in [5.41, 5.74) is 0.0808. The molecule has 1 aliphatic heterocycles. The molecule has 0 spiro atoms. The molecule has 7 nitrogen and oxygen atoms in total. The van der Waals surface area contributed by atoms with Crippen molar-refractivity contribution in [1.29, 1.82) is 0 Å². The molecule has 3 heterocycles. The fraction of sp³-hybridized carbons (Fsp3) is 0.588. The van der Waals surface area contributed by atoms with E-state index in [1.165, 1.54) is 29.1 Å². The molecule has 8 heteroatoms. The van der Waals surface area contributed by atoms with E-state index in [2.05, 4.69) is 4.90 Å². The summed E-state index contributed by atoms with van der Waals surface area (Å²) < 4.78 is 2.51. The molecule has 0 atom stereocenters. The Morgan fingerprint density at radius 3 is 2.52 bits per heavy atom. The number of carboxylic acids is 1. The van der Waals surface area contributed by atoms with E-state index < -0.39 is 23.8 Å². The minimum absolute atomic E-state index is 0.445. The van der Waals surface area contributed by atoms with Crippen LogP contribution in [0.1, 0.15) is 29.7 Å². The van der Waals surface area contributed by atoms with Gasteiger partial charge in [0.2, 0.25) is 0 Å². The van der Waals surface area contributed by atoms with Gasteiger partial charge in [-0.1, -0.05) is 0 Å². The number of likely N-dealkylation sites (tertiary alicyclic amines) is 1.